The Hall–Kier alpha value is -2.34. The molecule has 0 aliphatic carbocycles. The highest BCUT2D eigenvalue weighted by Crippen LogP contribution is 2.29. The second-order valence-corrected chi connectivity index (χ2v) is 5.35. The molecule has 0 saturated carbocycles. The number of thiazole rings is 1. The van der Waals surface area contributed by atoms with E-state index >= 15 is 0 Å². The van der Waals surface area contributed by atoms with Crippen LogP contribution in [0.25, 0.3) is 10.2 Å². The number of methoxy groups -OCH3 is 1. The maximum Gasteiger partial charge on any atom is 0.259 e. The number of hydrogen-bond donors (Lipinski definition) is 2. The van der Waals surface area contributed by atoms with E-state index in [-0.39, 0.29) is 5.91 Å². The second-order valence-electron chi connectivity index (χ2n) is 4.32. The van der Waals surface area contributed by atoms with Gasteiger partial charge in [0.15, 0.2) is 5.13 Å². The fourth-order valence-corrected chi connectivity index (χ4v) is 2.84. The molecule has 5 nitrogen and oxygen atoms in total. The number of benzene rings is 1. The Morgan fingerprint density at radius 3 is 2.95 bits per heavy atom. The predicted molar refractivity (Wildman–Crippen MR) is 79.7 cm³/mol. The molecule has 0 aliphatic heterocycles. The molecule has 0 aliphatic rings. The minimum absolute atomic E-state index is 0.158. The maximum atomic E-state index is 12.1. The molecule has 1 aromatic carbocycles. The van der Waals surface area contributed by atoms with Crippen LogP contribution in [0.4, 0.5) is 5.13 Å². The van der Waals surface area contributed by atoms with E-state index in [0.29, 0.717) is 10.7 Å². The highest BCUT2D eigenvalue weighted by molar-refractivity contribution is 7.22. The van der Waals surface area contributed by atoms with Gasteiger partial charge < -0.3 is 9.72 Å². The van der Waals surface area contributed by atoms with Crippen LogP contribution in [0.2, 0.25) is 0 Å². The summed E-state index contributed by atoms with van der Waals surface area (Å²) in [5.41, 5.74) is 2.31. The Balaban J connectivity index is 1.88. The van der Waals surface area contributed by atoms with E-state index in [1.165, 1.54) is 11.3 Å². The molecule has 102 valence electrons. The fraction of sp³-hybridized carbons (Fsp3) is 0.143. The minimum Gasteiger partial charge on any atom is -0.497 e. The van der Waals surface area contributed by atoms with Crippen molar-refractivity contribution < 1.29 is 9.53 Å². The zero-order valence-corrected chi connectivity index (χ0v) is 11.9. The summed E-state index contributed by atoms with van der Waals surface area (Å²) in [6.07, 6.45) is 1.74. The van der Waals surface area contributed by atoms with Crippen molar-refractivity contribution in [3.8, 4) is 5.75 Å². The Bertz CT molecular complexity index is 776. The van der Waals surface area contributed by atoms with Gasteiger partial charge in [-0.15, -0.1) is 0 Å². The van der Waals surface area contributed by atoms with E-state index in [4.69, 9.17) is 4.74 Å². The summed E-state index contributed by atoms with van der Waals surface area (Å²) in [6.45, 7) is 1.86. The van der Waals surface area contributed by atoms with Crippen LogP contribution in [0.15, 0.2) is 30.5 Å². The average Bonchev–Trinajstić information content (AvgIpc) is 3.03. The molecule has 2 heterocycles. The molecule has 20 heavy (non-hydrogen) atoms. The van der Waals surface area contributed by atoms with Crippen LogP contribution >= 0.6 is 11.3 Å². The number of aryl methyl sites for hydroxylation is 1. The van der Waals surface area contributed by atoms with E-state index in [1.807, 2.05) is 25.1 Å². The largest absolute Gasteiger partial charge is 0.497 e. The zero-order chi connectivity index (χ0) is 14.1. The summed E-state index contributed by atoms with van der Waals surface area (Å²) in [4.78, 5) is 19.5. The lowest BCUT2D eigenvalue weighted by atomic mass is 10.2. The van der Waals surface area contributed by atoms with E-state index in [0.717, 1.165) is 21.7 Å². The number of aromatic nitrogens is 2. The summed E-state index contributed by atoms with van der Waals surface area (Å²) in [5, 5.41) is 3.40. The highest BCUT2D eigenvalue weighted by Gasteiger charge is 2.12. The Kier molecular flexibility index (Phi) is 3.15. The van der Waals surface area contributed by atoms with Crippen LogP contribution in [-0.4, -0.2) is 23.0 Å². The fourth-order valence-electron chi connectivity index (χ4n) is 1.95. The van der Waals surface area contributed by atoms with Crippen LogP contribution in [-0.2, 0) is 0 Å². The Morgan fingerprint density at radius 1 is 1.40 bits per heavy atom. The first-order valence-corrected chi connectivity index (χ1v) is 6.89. The number of H-pyrrole nitrogens is 1. The van der Waals surface area contributed by atoms with Crippen LogP contribution in [0.1, 0.15) is 16.1 Å². The van der Waals surface area contributed by atoms with Crippen molar-refractivity contribution in [3.63, 3.8) is 0 Å². The van der Waals surface area contributed by atoms with Gasteiger partial charge >= 0.3 is 0 Å². The predicted octanol–water partition coefficient (Wildman–Crippen LogP) is 3.19. The molecule has 0 fully saturated rings. The highest BCUT2D eigenvalue weighted by atomic mass is 32.1. The van der Waals surface area contributed by atoms with E-state index in [9.17, 15) is 4.79 Å². The quantitative estimate of drug-likeness (QED) is 0.777. The third kappa shape index (κ3) is 2.25. The SMILES string of the molecule is COc1ccc2nc(NC(=O)c3cc[nH]c3C)sc2c1. The van der Waals surface area contributed by atoms with Gasteiger partial charge in [-0.2, -0.15) is 0 Å². The van der Waals surface area contributed by atoms with E-state index in [1.54, 1.807) is 19.4 Å². The summed E-state index contributed by atoms with van der Waals surface area (Å²) in [7, 11) is 1.62. The number of fused-ring (bicyclic) bond motifs is 1. The Morgan fingerprint density at radius 2 is 2.25 bits per heavy atom. The molecule has 0 bridgehead atoms. The van der Waals surface area contributed by atoms with Gasteiger partial charge in [0, 0.05) is 11.9 Å². The number of nitrogens with zero attached hydrogens (tertiary/aromatic N) is 1. The maximum absolute atomic E-state index is 12.1. The smallest absolute Gasteiger partial charge is 0.259 e. The lowest BCUT2D eigenvalue weighted by molar-refractivity contribution is 0.102. The first-order chi connectivity index (χ1) is 9.67. The molecular weight excluding hydrogens is 274 g/mol. The molecule has 2 aromatic heterocycles. The first kappa shape index (κ1) is 12.7. The van der Waals surface area contributed by atoms with Gasteiger partial charge in [0.2, 0.25) is 0 Å². The van der Waals surface area contributed by atoms with Gasteiger partial charge in [-0.25, -0.2) is 4.98 Å². The van der Waals surface area contributed by atoms with Gasteiger partial charge in [0.05, 0.1) is 22.9 Å². The van der Waals surface area contributed by atoms with Gasteiger partial charge in [0.25, 0.3) is 5.91 Å². The summed E-state index contributed by atoms with van der Waals surface area (Å²) in [5.74, 6) is 0.621. The molecule has 0 atom stereocenters. The monoisotopic (exact) mass is 287 g/mol. The van der Waals surface area contributed by atoms with Gasteiger partial charge in [0.1, 0.15) is 5.75 Å². The van der Waals surface area contributed by atoms with Crippen LogP contribution in [0.3, 0.4) is 0 Å². The molecule has 0 unspecified atom stereocenters. The minimum atomic E-state index is -0.158. The molecule has 0 saturated heterocycles. The zero-order valence-electron chi connectivity index (χ0n) is 11.1. The Labute approximate surface area is 119 Å². The number of rotatable bonds is 3. The van der Waals surface area contributed by atoms with Crippen molar-refractivity contribution in [1.29, 1.82) is 0 Å². The van der Waals surface area contributed by atoms with Crippen molar-refractivity contribution in [3.05, 3.63) is 41.7 Å². The van der Waals surface area contributed by atoms with Gasteiger partial charge in [-0.1, -0.05) is 11.3 Å². The molecule has 6 heteroatoms. The standard InChI is InChI=1S/C14H13N3O2S/c1-8-10(5-6-15-8)13(18)17-14-16-11-4-3-9(19-2)7-12(11)20-14/h3-7,15H,1-2H3,(H,16,17,18). The number of amides is 1. The van der Waals surface area contributed by atoms with E-state index < -0.39 is 0 Å². The number of hydrogen-bond acceptors (Lipinski definition) is 4. The second kappa shape index (κ2) is 4.97. The van der Waals surface area contributed by atoms with Crippen molar-refractivity contribution in [2.45, 2.75) is 6.92 Å². The van der Waals surface area contributed by atoms with Gasteiger partial charge in [-0.05, 0) is 31.2 Å². The molecular formula is C14H13N3O2S. The molecule has 1 amide bonds. The number of nitrogens with one attached hydrogen (secondary N) is 2. The number of ether oxygens (including phenoxy) is 1. The van der Waals surface area contributed by atoms with Crippen molar-refractivity contribution in [2.24, 2.45) is 0 Å². The normalized spacial score (nSPS) is 10.7. The lowest BCUT2D eigenvalue weighted by Gasteiger charge is -1.99. The first-order valence-electron chi connectivity index (χ1n) is 6.07. The summed E-state index contributed by atoms with van der Waals surface area (Å²) >= 11 is 1.43. The molecule has 0 radical (unpaired) electrons. The van der Waals surface area contributed by atoms with Crippen LogP contribution in [0, 0.1) is 6.92 Å². The summed E-state index contributed by atoms with van der Waals surface area (Å²) in [6, 6.07) is 7.39. The molecule has 0 spiro atoms. The number of anilines is 1. The molecule has 3 aromatic rings. The van der Waals surface area contributed by atoms with Crippen LogP contribution < -0.4 is 10.1 Å². The van der Waals surface area contributed by atoms with E-state index in [2.05, 4.69) is 15.3 Å². The average molecular weight is 287 g/mol. The molecule has 3 rings (SSSR count). The number of carbonyl (C=O) groups is 1. The summed E-state index contributed by atoms with van der Waals surface area (Å²) < 4.78 is 6.15. The van der Waals surface area contributed by atoms with Crippen molar-refractivity contribution in [2.75, 3.05) is 12.4 Å². The van der Waals surface area contributed by atoms with Crippen LogP contribution in [0.5, 0.6) is 5.75 Å². The number of carbonyl (C=O) groups excluding carboxylic acids is 1. The number of aromatic amines is 1. The molecule has 2 N–H and O–H groups in total. The van der Waals surface area contributed by atoms with Crippen molar-refractivity contribution >= 4 is 32.6 Å². The van der Waals surface area contributed by atoms with Gasteiger partial charge in [-0.3, -0.25) is 10.1 Å². The van der Waals surface area contributed by atoms with Crippen molar-refractivity contribution in [1.82, 2.24) is 9.97 Å². The topological polar surface area (TPSA) is 67.0 Å². The third-order valence-electron chi connectivity index (χ3n) is 3.01. The third-order valence-corrected chi connectivity index (χ3v) is 3.95. The lowest BCUT2D eigenvalue weighted by Crippen LogP contribution is -2.11.